The van der Waals surface area contributed by atoms with E-state index in [1.165, 1.54) is 0 Å². The molecule has 2 aliphatic rings. The summed E-state index contributed by atoms with van der Waals surface area (Å²) in [5.74, 6) is 6.43. The molecule has 2 aliphatic heterocycles. The number of pyridine rings is 7. The van der Waals surface area contributed by atoms with E-state index in [1.807, 2.05) is 168 Å². The van der Waals surface area contributed by atoms with Crippen LogP contribution in [-0.4, -0.2) is 141 Å². The summed E-state index contributed by atoms with van der Waals surface area (Å²) in [5, 5.41) is 0. The van der Waals surface area contributed by atoms with Gasteiger partial charge < -0.3 is 66.3 Å². The summed E-state index contributed by atoms with van der Waals surface area (Å²) in [6.45, 7) is 73.3. The fourth-order valence-electron chi connectivity index (χ4n) is 13.5. The summed E-state index contributed by atoms with van der Waals surface area (Å²) in [6, 6.07) is 66.2. The molecule has 2 saturated heterocycles. The lowest BCUT2D eigenvalue weighted by atomic mass is 9.77. The maximum atomic E-state index is 10.3. The molecule has 0 radical (unpaired) electrons. The van der Waals surface area contributed by atoms with E-state index in [9.17, 15) is 4.79 Å². The zero-order valence-corrected chi connectivity index (χ0v) is 98.8. The van der Waals surface area contributed by atoms with Crippen molar-refractivity contribution < 1.29 is 77.2 Å². The van der Waals surface area contributed by atoms with Gasteiger partial charge in [-0.15, -0.1) is 15.0 Å². The number of nitrogens with zero attached hydrogens (tertiary/aromatic N) is 10. The van der Waals surface area contributed by atoms with Crippen molar-refractivity contribution in [3.8, 4) is 96.0 Å². The zero-order valence-electron chi connectivity index (χ0n) is 89.8. The van der Waals surface area contributed by atoms with Gasteiger partial charge in [-0.2, -0.15) is 19.2 Å². The number of benzene rings is 6. The van der Waals surface area contributed by atoms with Crippen LogP contribution in [0.15, 0.2) is 235 Å². The smallest absolute Gasteiger partial charge is 0.497 e. The van der Waals surface area contributed by atoms with Gasteiger partial charge in [-0.25, -0.2) is 4.98 Å². The van der Waals surface area contributed by atoms with Gasteiger partial charge in [0.1, 0.15) is 51.6 Å². The second-order valence-corrected chi connectivity index (χ2v) is 49.0. The zero-order chi connectivity index (χ0) is 111. The first kappa shape index (κ1) is 126. The molecule has 0 aliphatic carbocycles. The van der Waals surface area contributed by atoms with Crippen LogP contribution >= 0.6 is 79.6 Å². The second-order valence-electron chi connectivity index (χ2n) is 38.8. The Morgan fingerprint density at radius 3 is 0.953 bits per heavy atom. The molecular weight excluding hydrogens is 2210 g/mol. The van der Waals surface area contributed by atoms with Crippen molar-refractivity contribution in [3.05, 3.63) is 320 Å². The molecule has 0 spiro atoms. The molecule has 34 heteroatoms. The summed E-state index contributed by atoms with van der Waals surface area (Å²) in [6.07, 6.45) is 2.28. The SMILES string of the molecule is COc1ccc(-c2ccc(C(C)(C)C)nc2C)cc1B1OC(C)(C)C(C)(C)O1.COc1ccc(-c2ccc(C(C)(C)C)nc2C)cc1Br.COc1ccc(-c2ccc(OC=O)nc2C)cc1Br.COc1ccc(B2OC(C)(C)C(C)(C)O2)cc1.C[Si](C)(C)C.Cc1ncccc1Br.O=C=O.O=C=O.[2HH].[C-]#[N+]c1ccc(-c2ccc(OC)c(Br)c2)c(C)n1.[C-]#[N+]c1ccc(-c2ccc(OC)cc2)c(C)n1.[C-]#[N+]c1ccc(Br)c(C)n1. The third kappa shape index (κ3) is 38.2. The highest BCUT2D eigenvalue weighted by atomic mass is 79.9. The third-order valence-electron chi connectivity index (χ3n) is 22.9. The maximum Gasteiger partial charge on any atom is 0.498 e. The number of carbonyl (C=O) groups is 1. The summed E-state index contributed by atoms with van der Waals surface area (Å²) < 4.78 is 65.4. The van der Waals surface area contributed by atoms with Crippen LogP contribution in [0.1, 0.15) is 150 Å². The number of hydrogen-bond donors (Lipinski definition) is 0. The van der Waals surface area contributed by atoms with E-state index in [2.05, 4.69) is 305 Å². The Morgan fingerprint density at radius 2 is 0.655 bits per heavy atom. The van der Waals surface area contributed by atoms with Crippen LogP contribution in [0.25, 0.3) is 70.2 Å². The van der Waals surface area contributed by atoms with E-state index in [4.69, 9.17) is 101 Å². The number of hydrogen-bond acceptors (Lipinski definition) is 23. The number of aryl methyl sites for hydroxylation is 7. The van der Waals surface area contributed by atoms with Crippen molar-refractivity contribution in [1.82, 2.24) is 34.9 Å². The molecule has 0 atom stereocenters. The van der Waals surface area contributed by atoms with Crippen LogP contribution in [0, 0.1) is 68.2 Å². The number of aromatic nitrogens is 7. The Bertz CT molecular complexity index is 6770. The Balaban J connectivity index is 0.000000355. The van der Waals surface area contributed by atoms with Gasteiger partial charge in [0.25, 0.3) is 23.9 Å². The summed E-state index contributed by atoms with van der Waals surface area (Å²) in [7, 11) is 8.53. The van der Waals surface area contributed by atoms with Crippen molar-refractivity contribution in [2.24, 2.45) is 0 Å². The molecule has 13 aromatic rings. The van der Waals surface area contributed by atoms with Crippen LogP contribution < -0.4 is 44.1 Å². The van der Waals surface area contributed by atoms with E-state index in [-0.39, 0.29) is 42.9 Å². The minimum absolute atomic E-state index is 0. The molecule has 0 amide bonds. The first-order valence-electron chi connectivity index (χ1n) is 46.5. The monoisotopic (exact) mass is 2340 g/mol. The van der Waals surface area contributed by atoms with Gasteiger partial charge in [-0.05, 0) is 311 Å². The van der Waals surface area contributed by atoms with Gasteiger partial charge >= 0.3 is 26.5 Å². The number of rotatable bonds is 15. The fourth-order valence-corrected chi connectivity index (χ4v) is 15.6. The number of methoxy groups -OCH3 is 6. The van der Waals surface area contributed by atoms with E-state index in [0.717, 1.165) is 175 Å². The second kappa shape index (κ2) is 58.4. The Morgan fingerprint density at radius 1 is 0.358 bits per heavy atom. The predicted molar refractivity (Wildman–Crippen MR) is 610 cm³/mol. The summed E-state index contributed by atoms with van der Waals surface area (Å²) in [5.41, 5.74) is 19.9. The van der Waals surface area contributed by atoms with Gasteiger partial charge in [-0.1, -0.05) is 172 Å². The number of ether oxygens (including phenoxy) is 7. The average molecular weight is 2350 g/mol. The first-order valence-corrected chi connectivity index (χ1v) is 54.4. The Labute approximate surface area is 917 Å². The quantitative estimate of drug-likeness (QED) is 0.0523. The maximum absolute atomic E-state index is 10.3. The molecule has 9 heterocycles. The van der Waals surface area contributed by atoms with Gasteiger partial charge in [-0.3, -0.25) is 19.7 Å². The third-order valence-corrected chi connectivity index (χ3v) is 26.4. The minimum atomic E-state index is -0.611. The average Bonchev–Trinajstić information content (AvgIpc) is 1.61. The van der Waals surface area contributed by atoms with Crippen LogP contribution in [0.3, 0.4) is 0 Å². The molecule has 15 rings (SSSR count). The highest BCUT2D eigenvalue weighted by Gasteiger charge is 2.53. The van der Waals surface area contributed by atoms with E-state index >= 15 is 0 Å². The number of carbonyl (C=O) groups excluding carboxylic acids is 5. The lowest BCUT2D eigenvalue weighted by Crippen LogP contribution is -2.41. The molecule has 7 aromatic heterocycles. The first-order chi connectivity index (χ1) is 69.4. The van der Waals surface area contributed by atoms with Crippen molar-refractivity contribution in [3.63, 3.8) is 0 Å². The lowest BCUT2D eigenvalue weighted by Gasteiger charge is -2.32. The highest BCUT2D eigenvalue weighted by molar-refractivity contribution is 9.11. The van der Waals surface area contributed by atoms with Crippen LogP contribution in [0.4, 0.5) is 17.5 Å². The van der Waals surface area contributed by atoms with Gasteiger partial charge in [0.05, 0.1) is 88.6 Å². The van der Waals surface area contributed by atoms with Crippen molar-refractivity contribution in [2.75, 3.05) is 42.7 Å². The molecule has 778 valence electrons. The largest absolute Gasteiger partial charge is 0.498 e. The van der Waals surface area contributed by atoms with Gasteiger partial charge in [0, 0.05) is 120 Å². The van der Waals surface area contributed by atoms with E-state index in [1.54, 1.807) is 73.1 Å². The number of halogens is 5. The predicted octanol–water partition coefficient (Wildman–Crippen LogP) is 29.0. The van der Waals surface area contributed by atoms with Crippen LogP contribution in [0.2, 0.25) is 26.2 Å². The molecule has 2 fully saturated rings. The fraction of sp³-hybridized carbons (Fsp3) is 0.325. The van der Waals surface area contributed by atoms with Gasteiger partial charge in [0.15, 0.2) is 0 Å². The molecular formula is C114H131B2Br5N10O16Si. The highest BCUT2D eigenvalue weighted by Crippen LogP contribution is 2.42. The molecule has 148 heavy (non-hydrogen) atoms. The van der Waals surface area contributed by atoms with Crippen LogP contribution in [0.5, 0.6) is 40.4 Å². The minimum Gasteiger partial charge on any atom is -0.497 e. The topological polar surface area (TPSA) is 290 Å². The molecule has 6 aromatic carbocycles. The molecule has 0 N–H and O–H groups in total. The van der Waals surface area contributed by atoms with Crippen LogP contribution in [-0.2, 0) is 53.4 Å². The summed E-state index contributed by atoms with van der Waals surface area (Å²) >= 11 is 17.1. The van der Waals surface area contributed by atoms with Crippen molar-refractivity contribution in [1.29, 1.82) is 0 Å². The molecule has 0 bridgehead atoms. The van der Waals surface area contributed by atoms with Crippen molar-refractivity contribution >= 4 is 149 Å². The Hall–Kier alpha value is -12.5. The molecule has 0 unspecified atom stereocenters. The Kier molecular flexibility index (Phi) is 49.7. The van der Waals surface area contributed by atoms with E-state index in [0.29, 0.717) is 29.8 Å². The molecule has 26 nitrogen and oxygen atoms in total. The standard InChI is InChI=1S/C23H32BNO3.C17H20BrNO.C14H11BrN2O.C14H12BrNO3.C14H12N2O.C13H19BO3.C7H5BrN2.C6H6BrN.C4H12Si.2CO2.H2/c1-15-17(11-13-20(25-15)21(2,3)4)16-10-12-19(26-9)18(14-16)24-27-22(5,6)23(7,8)28-24;1-11-13(7-9-16(19-11)17(2,3)4)12-6-8-15(20-5)14(18)10-12;1-9-11(5-7-14(16-2)17-9)10-4-6-13(18-3)12(15)8-10;1-9-11(4-6-14(16-9)19-8-17)10-3-5-13(18-2)12(15)7-10;1-10-13(8-9-14(15-2)16-10)11-4-6-12(17-3)7-5-11;1-12(2)13(3,4)17-14(16-12)10-6-8-11(15-5)9-7-10;1-5-6(8)3-4-7(9-2)10-5;1-5-6(7)3-2-4-8-5;1-5(2,3)4;2*2-1-3;/h10-14H,1-9H3;6-10H,1-5H3;4-8H,1,3H3;3-8H,1-2H3;4-9H,1,3H3;6-9H,1-5H3;3-4H,1H3;2-4H,1H3;1-4H3;;;1H/i;;;;;;;;;;;1+1. The van der Waals surface area contributed by atoms with Crippen molar-refractivity contribution in [2.45, 2.75) is 205 Å². The summed E-state index contributed by atoms with van der Waals surface area (Å²) in [4.78, 5) is 82.9. The normalized spacial score (nSPS) is 12.7. The van der Waals surface area contributed by atoms with Gasteiger partial charge in [0.2, 0.25) is 5.88 Å². The molecule has 0 saturated carbocycles. The van der Waals surface area contributed by atoms with E-state index < -0.39 is 26.4 Å². The lowest BCUT2D eigenvalue weighted by molar-refractivity contribution is -0.193.